The lowest BCUT2D eigenvalue weighted by atomic mass is 10.1. The second-order valence-corrected chi connectivity index (χ2v) is 6.09. The lowest BCUT2D eigenvalue weighted by molar-refractivity contribution is -0.385. The number of hydrogen-bond donors (Lipinski definition) is 0. The Morgan fingerprint density at radius 3 is 2.48 bits per heavy atom. The van der Waals surface area contributed by atoms with Crippen molar-refractivity contribution in [3.63, 3.8) is 0 Å². The van der Waals surface area contributed by atoms with Crippen molar-refractivity contribution in [3.8, 4) is 11.5 Å². The molecule has 0 saturated carbocycles. The first-order chi connectivity index (χ1) is 12.9. The van der Waals surface area contributed by atoms with Gasteiger partial charge in [-0.3, -0.25) is 10.1 Å². The number of benzene rings is 2. The molecule has 0 aromatic heterocycles. The van der Waals surface area contributed by atoms with Gasteiger partial charge in [0, 0.05) is 12.1 Å². The summed E-state index contributed by atoms with van der Waals surface area (Å²) in [4.78, 5) is 12.7. The zero-order chi connectivity index (χ0) is 19.8. The topological polar surface area (TPSA) is 64.8 Å². The van der Waals surface area contributed by atoms with Gasteiger partial charge in [-0.1, -0.05) is 30.3 Å². The molecule has 146 valence electrons. The van der Waals surface area contributed by atoms with Gasteiger partial charge in [0.05, 0.1) is 18.1 Å². The molecule has 0 aliphatic heterocycles. The van der Waals surface area contributed by atoms with Gasteiger partial charge in [-0.05, 0) is 38.1 Å². The fraction of sp³-hybridized carbons (Fsp3) is 0.368. The van der Waals surface area contributed by atoms with Crippen LogP contribution in [0.3, 0.4) is 0 Å². The first kappa shape index (κ1) is 20.6. The Hall–Kier alpha value is -2.74. The molecule has 2 rings (SSSR count). The van der Waals surface area contributed by atoms with Gasteiger partial charge in [-0.15, -0.1) is 0 Å². The summed E-state index contributed by atoms with van der Waals surface area (Å²) in [7, 11) is 3.15. The van der Waals surface area contributed by atoms with E-state index < -0.39 is 11.5 Å². The summed E-state index contributed by atoms with van der Waals surface area (Å²) >= 11 is 0. The number of ether oxygens (including phenoxy) is 2. The number of alkyl halides is 2. The van der Waals surface area contributed by atoms with E-state index in [1.54, 1.807) is 0 Å². The molecule has 0 fully saturated rings. The third kappa shape index (κ3) is 6.18. The maximum Gasteiger partial charge on any atom is 0.387 e. The van der Waals surface area contributed by atoms with Crippen LogP contribution < -0.4 is 9.47 Å². The average Bonchev–Trinajstić information content (AvgIpc) is 2.62. The zero-order valence-electron chi connectivity index (χ0n) is 15.2. The number of nitro benzene ring substituents is 1. The van der Waals surface area contributed by atoms with Crippen molar-refractivity contribution < 1.29 is 23.2 Å². The van der Waals surface area contributed by atoms with Crippen LogP contribution in [0.5, 0.6) is 11.5 Å². The minimum Gasteiger partial charge on any atom is -0.493 e. The Balaban J connectivity index is 2.07. The van der Waals surface area contributed by atoms with Gasteiger partial charge in [0.15, 0.2) is 11.5 Å². The molecule has 0 atom stereocenters. The van der Waals surface area contributed by atoms with E-state index in [0.29, 0.717) is 5.56 Å². The van der Waals surface area contributed by atoms with E-state index in [1.165, 1.54) is 18.7 Å². The number of aryl methyl sites for hydroxylation is 1. The van der Waals surface area contributed by atoms with Crippen LogP contribution in [0.2, 0.25) is 0 Å². The quantitative estimate of drug-likeness (QED) is 0.455. The van der Waals surface area contributed by atoms with E-state index in [0.717, 1.165) is 25.5 Å². The summed E-state index contributed by atoms with van der Waals surface area (Å²) < 4.78 is 34.4. The minimum absolute atomic E-state index is 0.0357. The largest absolute Gasteiger partial charge is 0.493 e. The van der Waals surface area contributed by atoms with E-state index in [4.69, 9.17) is 4.74 Å². The first-order valence-electron chi connectivity index (χ1n) is 8.43. The Labute approximate surface area is 156 Å². The fourth-order valence-corrected chi connectivity index (χ4v) is 2.80. The van der Waals surface area contributed by atoms with Crippen molar-refractivity contribution in [3.05, 3.63) is 63.7 Å². The van der Waals surface area contributed by atoms with E-state index in [-0.39, 0.29) is 23.7 Å². The highest BCUT2D eigenvalue weighted by molar-refractivity contribution is 5.54. The van der Waals surface area contributed by atoms with Crippen LogP contribution in [-0.2, 0) is 13.0 Å². The Bertz CT molecular complexity index is 757. The normalized spacial score (nSPS) is 11.0. The predicted molar refractivity (Wildman–Crippen MR) is 97.4 cm³/mol. The van der Waals surface area contributed by atoms with Crippen molar-refractivity contribution >= 4 is 5.69 Å². The smallest absolute Gasteiger partial charge is 0.387 e. The SMILES string of the molecule is COc1cc(CN(C)CCCc2ccccc2)c([N+](=O)[O-])cc1OC(F)F. The Kier molecular flexibility index (Phi) is 7.48. The highest BCUT2D eigenvalue weighted by Crippen LogP contribution is 2.36. The fourth-order valence-electron chi connectivity index (χ4n) is 2.80. The van der Waals surface area contributed by atoms with Gasteiger partial charge in [-0.25, -0.2) is 0 Å². The highest BCUT2D eigenvalue weighted by atomic mass is 19.3. The molecule has 0 aliphatic carbocycles. The van der Waals surface area contributed by atoms with Gasteiger partial charge >= 0.3 is 6.61 Å². The van der Waals surface area contributed by atoms with E-state index in [1.807, 2.05) is 30.1 Å². The second kappa shape index (κ2) is 9.82. The molecule has 2 aromatic rings. The molecule has 27 heavy (non-hydrogen) atoms. The van der Waals surface area contributed by atoms with Crippen molar-refractivity contribution in [1.29, 1.82) is 0 Å². The number of nitrogens with zero attached hydrogens (tertiary/aromatic N) is 2. The van der Waals surface area contributed by atoms with Gasteiger partial charge in [0.25, 0.3) is 5.69 Å². The summed E-state index contributed by atoms with van der Waals surface area (Å²) in [6.07, 6.45) is 1.79. The number of rotatable bonds is 10. The molecule has 6 nitrogen and oxygen atoms in total. The molecule has 0 aliphatic rings. The minimum atomic E-state index is -3.09. The molecule has 0 bridgehead atoms. The maximum absolute atomic E-state index is 12.5. The van der Waals surface area contributed by atoms with Gasteiger partial charge < -0.3 is 14.4 Å². The molecule has 0 amide bonds. The molecular formula is C19H22F2N2O4. The number of nitro groups is 1. The second-order valence-electron chi connectivity index (χ2n) is 6.09. The molecule has 8 heteroatoms. The first-order valence-corrected chi connectivity index (χ1v) is 8.43. The maximum atomic E-state index is 12.5. The number of methoxy groups -OCH3 is 1. The predicted octanol–water partition coefficient (Wildman–Crippen LogP) is 4.27. The zero-order valence-corrected chi connectivity index (χ0v) is 15.2. The highest BCUT2D eigenvalue weighted by Gasteiger charge is 2.22. The molecule has 2 aromatic carbocycles. The van der Waals surface area contributed by atoms with Crippen LogP contribution in [0.4, 0.5) is 14.5 Å². The van der Waals surface area contributed by atoms with Gasteiger partial charge in [-0.2, -0.15) is 8.78 Å². The lowest BCUT2D eigenvalue weighted by Crippen LogP contribution is -2.20. The lowest BCUT2D eigenvalue weighted by Gasteiger charge is -2.18. The Morgan fingerprint density at radius 2 is 1.89 bits per heavy atom. The summed E-state index contributed by atoms with van der Waals surface area (Å²) in [5.74, 6) is -0.316. The molecule has 0 unspecified atom stereocenters. The van der Waals surface area contributed by atoms with E-state index >= 15 is 0 Å². The average molecular weight is 380 g/mol. The molecule has 0 spiro atoms. The third-order valence-corrected chi connectivity index (χ3v) is 4.07. The van der Waals surface area contributed by atoms with Crippen molar-refractivity contribution in [2.24, 2.45) is 0 Å². The molecule has 0 radical (unpaired) electrons. The van der Waals surface area contributed by atoms with Crippen LogP contribution in [0.25, 0.3) is 0 Å². The standard InChI is InChI=1S/C19H22F2N2O4/c1-22(10-6-9-14-7-4-3-5-8-14)13-15-11-17(26-2)18(27-19(20)21)12-16(15)23(24)25/h3-5,7-8,11-12,19H,6,9-10,13H2,1-2H3. The van der Waals surface area contributed by atoms with Gasteiger partial charge in [0.1, 0.15) is 0 Å². The third-order valence-electron chi connectivity index (χ3n) is 4.07. The monoisotopic (exact) mass is 380 g/mol. The van der Waals surface area contributed by atoms with Crippen LogP contribution in [0, 0.1) is 10.1 Å². The van der Waals surface area contributed by atoms with E-state index in [9.17, 15) is 18.9 Å². The molecule has 0 heterocycles. The summed E-state index contributed by atoms with van der Waals surface area (Å²) in [5, 5.41) is 11.3. The molecule has 0 saturated heterocycles. The van der Waals surface area contributed by atoms with Crippen LogP contribution in [0.1, 0.15) is 17.5 Å². The van der Waals surface area contributed by atoms with Crippen molar-refractivity contribution in [2.45, 2.75) is 26.0 Å². The Morgan fingerprint density at radius 1 is 1.19 bits per heavy atom. The number of hydrogen-bond acceptors (Lipinski definition) is 5. The van der Waals surface area contributed by atoms with Crippen LogP contribution in [-0.4, -0.2) is 37.1 Å². The summed E-state index contributed by atoms with van der Waals surface area (Å²) in [5.41, 5.74) is 1.33. The van der Waals surface area contributed by atoms with Crippen molar-refractivity contribution in [2.75, 3.05) is 20.7 Å². The van der Waals surface area contributed by atoms with Crippen molar-refractivity contribution in [1.82, 2.24) is 4.90 Å². The van der Waals surface area contributed by atoms with Crippen LogP contribution >= 0.6 is 0 Å². The molecular weight excluding hydrogens is 358 g/mol. The summed E-state index contributed by atoms with van der Waals surface area (Å²) in [6, 6.07) is 12.4. The number of halogens is 2. The summed E-state index contributed by atoms with van der Waals surface area (Å²) in [6.45, 7) is -2.08. The van der Waals surface area contributed by atoms with Crippen LogP contribution in [0.15, 0.2) is 42.5 Å². The molecule has 0 N–H and O–H groups in total. The van der Waals surface area contributed by atoms with E-state index in [2.05, 4.69) is 16.9 Å². The van der Waals surface area contributed by atoms with Gasteiger partial charge in [0.2, 0.25) is 0 Å².